The van der Waals surface area contributed by atoms with Gasteiger partial charge in [-0.1, -0.05) is 42.5 Å². The van der Waals surface area contributed by atoms with Crippen molar-refractivity contribution in [2.45, 2.75) is 16.6 Å². The third-order valence-electron chi connectivity index (χ3n) is 3.52. The summed E-state index contributed by atoms with van der Waals surface area (Å²) in [6, 6.07) is 17.2. The fraction of sp³-hybridized carbons (Fsp3) is 0.176. The van der Waals surface area contributed by atoms with Gasteiger partial charge < -0.3 is 5.11 Å². The summed E-state index contributed by atoms with van der Waals surface area (Å²) in [5.74, 6) is -1.15. The standard InChI is InChI=1S/C17H15NO3S/c19-16(20)11-18-13-8-4-5-9-14(13)22-15(17(18)21)10-12-6-2-1-3-7-12/h1-9,15H,10-11H2,(H,19,20). The van der Waals surface area contributed by atoms with Crippen LogP contribution in [0.15, 0.2) is 59.5 Å². The molecule has 22 heavy (non-hydrogen) atoms. The molecule has 0 bridgehead atoms. The van der Waals surface area contributed by atoms with Gasteiger partial charge in [-0.15, -0.1) is 11.8 Å². The van der Waals surface area contributed by atoms with Crippen LogP contribution in [0.4, 0.5) is 5.69 Å². The molecule has 0 aliphatic carbocycles. The van der Waals surface area contributed by atoms with E-state index in [1.807, 2.05) is 48.5 Å². The van der Waals surface area contributed by atoms with E-state index in [1.165, 1.54) is 16.7 Å². The zero-order chi connectivity index (χ0) is 15.5. The molecule has 1 heterocycles. The Hall–Kier alpha value is -2.27. The van der Waals surface area contributed by atoms with E-state index in [9.17, 15) is 9.59 Å². The highest BCUT2D eigenvalue weighted by Gasteiger charge is 2.34. The maximum Gasteiger partial charge on any atom is 0.323 e. The molecule has 0 spiro atoms. The lowest BCUT2D eigenvalue weighted by molar-refractivity contribution is -0.136. The van der Waals surface area contributed by atoms with Crippen LogP contribution in [0.3, 0.4) is 0 Å². The summed E-state index contributed by atoms with van der Waals surface area (Å²) < 4.78 is 0. The van der Waals surface area contributed by atoms with Gasteiger partial charge in [0.05, 0.1) is 10.9 Å². The average Bonchev–Trinajstić information content (AvgIpc) is 2.52. The van der Waals surface area contributed by atoms with Gasteiger partial charge >= 0.3 is 5.97 Å². The first-order valence-corrected chi connectivity index (χ1v) is 7.86. The topological polar surface area (TPSA) is 57.6 Å². The van der Waals surface area contributed by atoms with E-state index in [0.29, 0.717) is 12.1 Å². The van der Waals surface area contributed by atoms with Crippen LogP contribution in [0.5, 0.6) is 0 Å². The van der Waals surface area contributed by atoms with E-state index >= 15 is 0 Å². The minimum atomic E-state index is -1.01. The largest absolute Gasteiger partial charge is 0.480 e. The number of hydrogen-bond donors (Lipinski definition) is 1. The molecule has 2 aromatic rings. The molecule has 1 amide bonds. The van der Waals surface area contributed by atoms with E-state index in [1.54, 1.807) is 6.07 Å². The Bertz CT molecular complexity index is 702. The summed E-state index contributed by atoms with van der Waals surface area (Å²) >= 11 is 1.51. The van der Waals surface area contributed by atoms with Crippen LogP contribution in [-0.2, 0) is 16.0 Å². The fourth-order valence-corrected chi connectivity index (χ4v) is 3.80. The Morgan fingerprint density at radius 2 is 1.77 bits per heavy atom. The second-order valence-electron chi connectivity index (χ2n) is 5.08. The Morgan fingerprint density at radius 3 is 2.50 bits per heavy atom. The first kappa shape index (κ1) is 14.7. The first-order valence-electron chi connectivity index (χ1n) is 6.98. The number of rotatable bonds is 4. The smallest absolute Gasteiger partial charge is 0.323 e. The summed E-state index contributed by atoms with van der Waals surface area (Å²) in [6.45, 7) is -0.304. The highest BCUT2D eigenvalue weighted by molar-refractivity contribution is 8.01. The second-order valence-corrected chi connectivity index (χ2v) is 6.33. The molecule has 4 nitrogen and oxygen atoms in total. The van der Waals surface area contributed by atoms with E-state index < -0.39 is 5.97 Å². The number of thioether (sulfide) groups is 1. The summed E-state index contributed by atoms with van der Waals surface area (Å²) in [4.78, 5) is 26.1. The third kappa shape index (κ3) is 2.99. The van der Waals surface area contributed by atoms with Gasteiger partial charge in [0.2, 0.25) is 5.91 Å². The lowest BCUT2D eigenvalue weighted by Crippen LogP contribution is -2.44. The zero-order valence-electron chi connectivity index (χ0n) is 11.8. The Kier molecular flexibility index (Phi) is 4.15. The van der Waals surface area contributed by atoms with E-state index in [0.717, 1.165) is 10.5 Å². The summed E-state index contributed by atoms with van der Waals surface area (Å²) in [5, 5.41) is 8.79. The predicted molar refractivity (Wildman–Crippen MR) is 86.2 cm³/mol. The molecule has 3 rings (SSSR count). The van der Waals surface area contributed by atoms with Crippen molar-refractivity contribution >= 4 is 29.3 Å². The van der Waals surface area contributed by atoms with Crippen molar-refractivity contribution in [3.8, 4) is 0 Å². The SMILES string of the molecule is O=C(O)CN1C(=O)C(Cc2ccccc2)Sc2ccccc21. The summed E-state index contributed by atoms with van der Waals surface area (Å²) in [6.07, 6.45) is 0.592. The molecule has 1 unspecified atom stereocenters. The molecule has 1 atom stereocenters. The predicted octanol–water partition coefficient (Wildman–Crippen LogP) is 2.82. The fourth-order valence-electron chi connectivity index (χ4n) is 2.53. The van der Waals surface area contributed by atoms with Crippen molar-refractivity contribution in [2.24, 2.45) is 0 Å². The van der Waals surface area contributed by atoms with Crippen LogP contribution in [0.1, 0.15) is 5.56 Å². The molecule has 2 aromatic carbocycles. The maximum absolute atomic E-state index is 12.7. The van der Waals surface area contributed by atoms with Gasteiger partial charge in [0.25, 0.3) is 0 Å². The molecule has 5 heteroatoms. The van der Waals surface area contributed by atoms with E-state index in [2.05, 4.69) is 0 Å². The van der Waals surface area contributed by atoms with Gasteiger partial charge in [0.1, 0.15) is 6.54 Å². The summed E-state index contributed by atoms with van der Waals surface area (Å²) in [5.41, 5.74) is 1.76. The Morgan fingerprint density at radius 1 is 1.09 bits per heavy atom. The number of carboxylic acids is 1. The van der Waals surface area contributed by atoms with Gasteiger partial charge in [-0.2, -0.15) is 0 Å². The third-order valence-corrected chi connectivity index (χ3v) is 4.78. The van der Waals surface area contributed by atoms with Gasteiger partial charge in [-0.25, -0.2) is 0 Å². The van der Waals surface area contributed by atoms with Gasteiger partial charge in [-0.3, -0.25) is 14.5 Å². The van der Waals surface area contributed by atoms with Crippen molar-refractivity contribution in [3.05, 3.63) is 60.2 Å². The monoisotopic (exact) mass is 313 g/mol. The number of amides is 1. The average molecular weight is 313 g/mol. The van der Waals surface area contributed by atoms with Crippen molar-refractivity contribution in [3.63, 3.8) is 0 Å². The molecule has 0 fully saturated rings. The first-order chi connectivity index (χ1) is 10.6. The van der Waals surface area contributed by atoms with E-state index in [-0.39, 0.29) is 17.7 Å². The number of nitrogens with zero attached hydrogens (tertiary/aromatic N) is 1. The van der Waals surface area contributed by atoms with Crippen molar-refractivity contribution < 1.29 is 14.7 Å². The molecule has 0 radical (unpaired) electrons. The molecule has 1 aliphatic rings. The highest BCUT2D eigenvalue weighted by Crippen LogP contribution is 2.40. The Balaban J connectivity index is 1.91. The number of anilines is 1. The molecule has 1 N–H and O–H groups in total. The lowest BCUT2D eigenvalue weighted by atomic mass is 10.1. The van der Waals surface area contributed by atoms with Crippen LogP contribution in [0.25, 0.3) is 0 Å². The quantitative estimate of drug-likeness (QED) is 0.943. The lowest BCUT2D eigenvalue weighted by Gasteiger charge is -2.32. The van der Waals surface area contributed by atoms with Gasteiger partial charge in [-0.05, 0) is 24.1 Å². The second kappa shape index (κ2) is 6.23. The van der Waals surface area contributed by atoms with Gasteiger partial charge in [0.15, 0.2) is 0 Å². The van der Waals surface area contributed by atoms with E-state index in [4.69, 9.17) is 5.11 Å². The van der Waals surface area contributed by atoms with Crippen molar-refractivity contribution in [1.82, 2.24) is 0 Å². The minimum absolute atomic E-state index is 0.144. The molecular formula is C17H15NO3S. The van der Waals surface area contributed by atoms with Crippen LogP contribution >= 0.6 is 11.8 Å². The summed E-state index contributed by atoms with van der Waals surface area (Å²) in [7, 11) is 0. The number of para-hydroxylation sites is 1. The molecule has 0 aromatic heterocycles. The highest BCUT2D eigenvalue weighted by atomic mass is 32.2. The molecule has 0 saturated carbocycles. The number of hydrogen-bond acceptors (Lipinski definition) is 3. The minimum Gasteiger partial charge on any atom is -0.480 e. The van der Waals surface area contributed by atoms with Crippen LogP contribution in [0, 0.1) is 0 Å². The number of carbonyl (C=O) groups excluding carboxylic acids is 1. The maximum atomic E-state index is 12.7. The number of benzene rings is 2. The molecule has 0 saturated heterocycles. The molecule has 112 valence electrons. The Labute approximate surface area is 132 Å². The number of carbonyl (C=O) groups is 2. The normalized spacial score (nSPS) is 17.2. The molecular weight excluding hydrogens is 298 g/mol. The van der Waals surface area contributed by atoms with Crippen LogP contribution in [0.2, 0.25) is 0 Å². The number of aliphatic carboxylic acids is 1. The van der Waals surface area contributed by atoms with Crippen molar-refractivity contribution in [2.75, 3.05) is 11.4 Å². The van der Waals surface area contributed by atoms with Crippen molar-refractivity contribution in [1.29, 1.82) is 0 Å². The van der Waals surface area contributed by atoms with Crippen LogP contribution < -0.4 is 4.90 Å². The van der Waals surface area contributed by atoms with Gasteiger partial charge in [0, 0.05) is 4.90 Å². The zero-order valence-corrected chi connectivity index (χ0v) is 12.6. The molecule has 1 aliphatic heterocycles. The number of carboxylic acid groups (broad SMARTS) is 1. The number of fused-ring (bicyclic) bond motifs is 1. The van der Waals surface area contributed by atoms with Crippen LogP contribution in [-0.4, -0.2) is 28.8 Å².